The van der Waals surface area contributed by atoms with Gasteiger partial charge in [-0.05, 0) is 76.2 Å². The van der Waals surface area contributed by atoms with Gasteiger partial charge in [-0.2, -0.15) is 0 Å². The molecule has 0 amide bonds. The van der Waals surface area contributed by atoms with Crippen molar-refractivity contribution in [3.8, 4) is 11.1 Å². The number of aromatic nitrogens is 1. The van der Waals surface area contributed by atoms with Crippen LogP contribution in [0.1, 0.15) is 22.3 Å². The van der Waals surface area contributed by atoms with E-state index in [4.69, 9.17) is 0 Å². The highest BCUT2D eigenvalue weighted by atomic mass is 14.7. The monoisotopic (exact) mass is 373 g/mol. The van der Waals surface area contributed by atoms with E-state index in [0.29, 0.717) is 0 Å². The molecular weight excluding hydrogens is 350 g/mol. The summed E-state index contributed by atoms with van der Waals surface area (Å²) in [6.45, 7) is 12.4. The van der Waals surface area contributed by atoms with E-state index in [1.165, 1.54) is 54.8 Å². The van der Waals surface area contributed by atoms with E-state index in [-0.39, 0.29) is 0 Å². The zero-order chi connectivity index (χ0) is 20.1. The van der Waals surface area contributed by atoms with Crippen molar-refractivity contribution in [3.63, 3.8) is 0 Å². The maximum atomic E-state index is 4.02. The van der Waals surface area contributed by atoms with Gasteiger partial charge in [-0.25, -0.2) is 0 Å². The van der Waals surface area contributed by atoms with E-state index in [2.05, 4.69) is 92.7 Å². The first-order valence-electron chi connectivity index (χ1n) is 9.95. The average molecular weight is 373 g/mol. The van der Waals surface area contributed by atoms with Crippen LogP contribution in [-0.2, 0) is 0 Å². The van der Waals surface area contributed by atoms with Crippen LogP contribution in [0.2, 0.25) is 0 Å². The van der Waals surface area contributed by atoms with Crippen molar-refractivity contribution in [2.24, 2.45) is 0 Å². The zero-order valence-corrected chi connectivity index (χ0v) is 16.8. The highest BCUT2D eigenvalue weighted by Gasteiger charge is 2.17. The van der Waals surface area contributed by atoms with E-state index in [9.17, 15) is 0 Å². The molecule has 0 fully saturated rings. The Bertz CT molecular complexity index is 1450. The summed E-state index contributed by atoms with van der Waals surface area (Å²) in [7, 11) is 0. The van der Waals surface area contributed by atoms with Gasteiger partial charge in [0.1, 0.15) is 0 Å². The number of benzene rings is 4. The molecule has 0 bridgehead atoms. The fourth-order valence-corrected chi connectivity index (χ4v) is 4.58. The minimum absolute atomic E-state index is 1.11. The first-order valence-corrected chi connectivity index (χ1v) is 9.95. The molecule has 1 aromatic heterocycles. The number of aryl methyl sites for hydroxylation is 2. The Morgan fingerprint density at radius 2 is 1.41 bits per heavy atom. The molecule has 29 heavy (non-hydrogen) atoms. The standard InChI is InChI=1S/C28H23N/c1-5-19-15-18(4)23(16-20(19)6-2)26-17(3)11-13-25-28(26)27-22-10-8-7-9-21(22)12-14-24(27)29-25/h5-16,29H,1-2H2,3-4H3. The maximum Gasteiger partial charge on any atom is 0.0471 e. The van der Waals surface area contributed by atoms with Gasteiger partial charge in [0.25, 0.3) is 0 Å². The second-order valence-corrected chi connectivity index (χ2v) is 7.72. The number of nitrogens with one attached hydrogen (secondary N) is 1. The van der Waals surface area contributed by atoms with Crippen molar-refractivity contribution in [3.05, 3.63) is 96.1 Å². The lowest BCUT2D eigenvalue weighted by Gasteiger charge is -2.15. The molecule has 1 heterocycles. The molecule has 1 heteroatoms. The van der Waals surface area contributed by atoms with Gasteiger partial charge in [-0.15, -0.1) is 0 Å². The Labute approximate surface area is 171 Å². The van der Waals surface area contributed by atoms with E-state index >= 15 is 0 Å². The number of aromatic amines is 1. The second kappa shape index (κ2) is 6.49. The second-order valence-electron chi connectivity index (χ2n) is 7.72. The Balaban J connectivity index is 1.99. The lowest BCUT2D eigenvalue weighted by molar-refractivity contribution is 1.41. The fraction of sp³-hybridized carbons (Fsp3) is 0.0714. The fourth-order valence-electron chi connectivity index (χ4n) is 4.58. The molecule has 0 saturated carbocycles. The van der Waals surface area contributed by atoms with Crippen molar-refractivity contribution in [1.82, 2.24) is 4.98 Å². The number of hydrogen-bond donors (Lipinski definition) is 1. The molecule has 1 N–H and O–H groups in total. The van der Waals surface area contributed by atoms with Crippen molar-refractivity contribution < 1.29 is 0 Å². The lowest BCUT2D eigenvalue weighted by atomic mass is 9.88. The molecule has 0 aliphatic carbocycles. The van der Waals surface area contributed by atoms with Crippen LogP contribution in [0.25, 0.3) is 55.9 Å². The van der Waals surface area contributed by atoms with Crippen molar-refractivity contribution >= 4 is 44.7 Å². The smallest absolute Gasteiger partial charge is 0.0471 e. The maximum absolute atomic E-state index is 4.02. The molecule has 0 spiro atoms. The molecule has 1 nitrogen and oxygen atoms in total. The third-order valence-electron chi connectivity index (χ3n) is 6.00. The average Bonchev–Trinajstić information content (AvgIpc) is 3.13. The van der Waals surface area contributed by atoms with Gasteiger partial charge in [0, 0.05) is 21.8 Å². The third-order valence-corrected chi connectivity index (χ3v) is 6.00. The molecule has 0 aliphatic heterocycles. The van der Waals surface area contributed by atoms with Crippen LogP contribution in [-0.4, -0.2) is 4.98 Å². The topological polar surface area (TPSA) is 15.8 Å². The normalized spacial score (nSPS) is 11.4. The lowest BCUT2D eigenvalue weighted by Crippen LogP contribution is -1.92. The summed E-state index contributed by atoms with van der Waals surface area (Å²) in [5.41, 5.74) is 9.64. The summed E-state index contributed by atoms with van der Waals surface area (Å²) in [4.78, 5) is 3.64. The zero-order valence-electron chi connectivity index (χ0n) is 16.8. The van der Waals surface area contributed by atoms with Crippen LogP contribution >= 0.6 is 0 Å². The van der Waals surface area contributed by atoms with Gasteiger partial charge in [-0.3, -0.25) is 0 Å². The molecule has 5 aromatic rings. The van der Waals surface area contributed by atoms with Crippen LogP contribution in [0, 0.1) is 13.8 Å². The van der Waals surface area contributed by atoms with Gasteiger partial charge < -0.3 is 4.98 Å². The van der Waals surface area contributed by atoms with Crippen LogP contribution in [0.5, 0.6) is 0 Å². The predicted octanol–water partition coefficient (Wildman–Crippen LogP) is 8.04. The predicted molar refractivity (Wildman–Crippen MR) is 128 cm³/mol. The van der Waals surface area contributed by atoms with E-state index in [1.807, 2.05) is 12.2 Å². The van der Waals surface area contributed by atoms with Crippen LogP contribution < -0.4 is 0 Å². The van der Waals surface area contributed by atoms with Gasteiger partial charge in [0.15, 0.2) is 0 Å². The van der Waals surface area contributed by atoms with Crippen molar-refractivity contribution in [1.29, 1.82) is 0 Å². The molecule has 5 rings (SSSR count). The summed E-state index contributed by atoms with van der Waals surface area (Å²) >= 11 is 0. The van der Waals surface area contributed by atoms with E-state index in [1.54, 1.807) is 0 Å². The Hall–Kier alpha value is -3.58. The van der Waals surface area contributed by atoms with Gasteiger partial charge in [0.05, 0.1) is 0 Å². The molecule has 4 aromatic carbocycles. The van der Waals surface area contributed by atoms with E-state index < -0.39 is 0 Å². The third kappa shape index (κ3) is 2.55. The first kappa shape index (κ1) is 17.5. The first-order chi connectivity index (χ1) is 14.1. The largest absolute Gasteiger partial charge is 0.354 e. The summed E-state index contributed by atoms with van der Waals surface area (Å²) in [5.74, 6) is 0. The van der Waals surface area contributed by atoms with Crippen molar-refractivity contribution in [2.45, 2.75) is 13.8 Å². The number of hydrogen-bond acceptors (Lipinski definition) is 0. The number of H-pyrrole nitrogens is 1. The Kier molecular flexibility index (Phi) is 3.92. The Morgan fingerprint density at radius 1 is 0.724 bits per heavy atom. The van der Waals surface area contributed by atoms with Crippen LogP contribution in [0.4, 0.5) is 0 Å². The minimum Gasteiger partial charge on any atom is -0.354 e. The quantitative estimate of drug-likeness (QED) is 0.329. The molecule has 0 saturated heterocycles. The molecule has 0 unspecified atom stereocenters. The van der Waals surface area contributed by atoms with Crippen LogP contribution in [0.15, 0.2) is 73.8 Å². The molecule has 140 valence electrons. The Morgan fingerprint density at radius 3 is 2.21 bits per heavy atom. The highest BCUT2D eigenvalue weighted by molar-refractivity contribution is 6.24. The minimum atomic E-state index is 1.11. The van der Waals surface area contributed by atoms with Crippen molar-refractivity contribution in [2.75, 3.05) is 0 Å². The SMILES string of the molecule is C=Cc1cc(C)c(-c2c(C)ccc3[nH]c4ccc5ccccc5c4c23)cc1C=C. The van der Waals surface area contributed by atoms with Gasteiger partial charge >= 0.3 is 0 Å². The van der Waals surface area contributed by atoms with E-state index in [0.717, 1.165) is 11.1 Å². The summed E-state index contributed by atoms with van der Waals surface area (Å²) < 4.78 is 0. The number of rotatable bonds is 3. The summed E-state index contributed by atoms with van der Waals surface area (Å²) in [6, 6.07) is 21.9. The molecular formula is C28H23N. The van der Waals surface area contributed by atoms with Gasteiger partial charge in [0.2, 0.25) is 0 Å². The summed E-state index contributed by atoms with van der Waals surface area (Å²) in [5, 5.41) is 5.14. The molecule has 0 atom stereocenters. The van der Waals surface area contributed by atoms with Gasteiger partial charge in [-0.1, -0.05) is 67.8 Å². The summed E-state index contributed by atoms with van der Waals surface area (Å²) in [6.07, 6.45) is 3.82. The number of fused-ring (bicyclic) bond motifs is 5. The van der Waals surface area contributed by atoms with Crippen LogP contribution in [0.3, 0.4) is 0 Å². The molecule has 0 radical (unpaired) electrons. The highest BCUT2D eigenvalue weighted by Crippen LogP contribution is 2.41. The molecule has 0 aliphatic rings.